The fourth-order valence-electron chi connectivity index (χ4n) is 1.96. The van der Waals surface area contributed by atoms with E-state index in [-0.39, 0.29) is 4.90 Å². The lowest BCUT2D eigenvalue weighted by molar-refractivity contribution is 0.187. The van der Waals surface area contributed by atoms with Crippen molar-refractivity contribution in [3.05, 3.63) is 24.3 Å². The summed E-state index contributed by atoms with van der Waals surface area (Å²) in [5.74, 6) is 0.454. The zero-order chi connectivity index (χ0) is 13.0. The number of rotatable bonds is 5. The standard InChI is InChI=1S/C12H18N2O3S/c1-13-18(15,16)12-5-3-2-4-11(12)14-8-10-6-7-17-9-10/h2-5,10,13-14H,6-9H2,1H3. The highest BCUT2D eigenvalue weighted by Gasteiger charge is 2.18. The van der Waals surface area contributed by atoms with Crippen molar-refractivity contribution in [2.24, 2.45) is 5.92 Å². The van der Waals surface area contributed by atoms with E-state index in [9.17, 15) is 8.42 Å². The number of benzene rings is 1. The number of ether oxygens (including phenoxy) is 1. The third-order valence-electron chi connectivity index (χ3n) is 3.05. The van der Waals surface area contributed by atoms with Crippen molar-refractivity contribution in [1.29, 1.82) is 0 Å². The molecule has 1 unspecified atom stereocenters. The Morgan fingerprint density at radius 2 is 2.17 bits per heavy atom. The number of hydrogen-bond acceptors (Lipinski definition) is 4. The van der Waals surface area contributed by atoms with E-state index >= 15 is 0 Å². The summed E-state index contributed by atoms with van der Waals surface area (Å²) in [5.41, 5.74) is 0.638. The molecular formula is C12H18N2O3S. The van der Waals surface area contributed by atoms with Gasteiger partial charge in [0.1, 0.15) is 4.90 Å². The van der Waals surface area contributed by atoms with E-state index in [1.165, 1.54) is 7.05 Å². The van der Waals surface area contributed by atoms with Crippen molar-refractivity contribution in [1.82, 2.24) is 4.72 Å². The zero-order valence-corrected chi connectivity index (χ0v) is 11.2. The molecule has 1 saturated heterocycles. The van der Waals surface area contributed by atoms with Gasteiger partial charge in [-0.15, -0.1) is 0 Å². The zero-order valence-electron chi connectivity index (χ0n) is 10.3. The Morgan fingerprint density at radius 3 is 2.83 bits per heavy atom. The Hall–Kier alpha value is -1.11. The van der Waals surface area contributed by atoms with Gasteiger partial charge in [-0.1, -0.05) is 12.1 Å². The first-order valence-electron chi connectivity index (χ1n) is 5.97. The van der Waals surface area contributed by atoms with Crippen LogP contribution >= 0.6 is 0 Å². The molecule has 5 nitrogen and oxygen atoms in total. The first-order valence-corrected chi connectivity index (χ1v) is 7.46. The molecule has 18 heavy (non-hydrogen) atoms. The predicted molar refractivity (Wildman–Crippen MR) is 70.1 cm³/mol. The van der Waals surface area contributed by atoms with Gasteiger partial charge in [0.05, 0.1) is 12.3 Å². The number of sulfonamides is 1. The van der Waals surface area contributed by atoms with Gasteiger partial charge < -0.3 is 10.1 Å². The molecule has 1 aliphatic rings. The lowest BCUT2D eigenvalue weighted by atomic mass is 10.1. The summed E-state index contributed by atoms with van der Waals surface area (Å²) in [4.78, 5) is 0.284. The third kappa shape index (κ3) is 3.01. The summed E-state index contributed by atoms with van der Waals surface area (Å²) in [7, 11) is -2.00. The van der Waals surface area contributed by atoms with Crippen LogP contribution in [0.3, 0.4) is 0 Å². The Kier molecular flexibility index (Phi) is 4.21. The van der Waals surface area contributed by atoms with Crippen molar-refractivity contribution < 1.29 is 13.2 Å². The van der Waals surface area contributed by atoms with E-state index in [0.717, 1.165) is 26.2 Å². The van der Waals surface area contributed by atoms with Crippen molar-refractivity contribution >= 4 is 15.7 Å². The van der Waals surface area contributed by atoms with E-state index in [1.807, 2.05) is 6.07 Å². The molecule has 0 radical (unpaired) electrons. The fourth-order valence-corrected chi connectivity index (χ4v) is 2.86. The number of anilines is 1. The van der Waals surface area contributed by atoms with Gasteiger partial charge in [0, 0.05) is 19.1 Å². The summed E-state index contributed by atoms with van der Waals surface area (Å²) >= 11 is 0. The number of para-hydroxylation sites is 1. The number of nitrogens with one attached hydrogen (secondary N) is 2. The van der Waals surface area contributed by atoms with E-state index in [1.54, 1.807) is 18.2 Å². The van der Waals surface area contributed by atoms with E-state index < -0.39 is 10.0 Å². The first kappa shape index (κ1) is 13.3. The van der Waals surface area contributed by atoms with Crippen LogP contribution in [0.4, 0.5) is 5.69 Å². The van der Waals surface area contributed by atoms with Crippen molar-refractivity contribution in [2.45, 2.75) is 11.3 Å². The Bertz CT molecular complexity index is 496. The lowest BCUT2D eigenvalue weighted by Crippen LogP contribution is -2.21. The molecule has 2 N–H and O–H groups in total. The quantitative estimate of drug-likeness (QED) is 0.839. The van der Waals surface area contributed by atoms with Crippen LogP contribution in [-0.4, -0.2) is 35.2 Å². The SMILES string of the molecule is CNS(=O)(=O)c1ccccc1NCC1CCOC1. The molecule has 1 aromatic rings. The van der Waals surface area contributed by atoms with Crippen LogP contribution in [-0.2, 0) is 14.8 Å². The second kappa shape index (κ2) is 5.69. The molecule has 1 fully saturated rings. The van der Waals surface area contributed by atoms with Crippen LogP contribution in [0, 0.1) is 5.92 Å². The Labute approximate surface area is 108 Å². The highest BCUT2D eigenvalue weighted by molar-refractivity contribution is 7.89. The van der Waals surface area contributed by atoms with Gasteiger partial charge >= 0.3 is 0 Å². The molecule has 0 spiro atoms. The average molecular weight is 270 g/mol. The van der Waals surface area contributed by atoms with E-state index in [4.69, 9.17) is 4.74 Å². The lowest BCUT2D eigenvalue weighted by Gasteiger charge is -2.14. The van der Waals surface area contributed by atoms with Crippen LogP contribution in [0.2, 0.25) is 0 Å². The van der Waals surface area contributed by atoms with E-state index in [0.29, 0.717) is 11.6 Å². The largest absolute Gasteiger partial charge is 0.384 e. The van der Waals surface area contributed by atoms with Crippen LogP contribution in [0.1, 0.15) is 6.42 Å². The highest BCUT2D eigenvalue weighted by atomic mass is 32.2. The van der Waals surface area contributed by atoms with Crippen molar-refractivity contribution in [2.75, 3.05) is 32.1 Å². The summed E-state index contributed by atoms with van der Waals surface area (Å²) in [6, 6.07) is 6.91. The molecule has 1 atom stereocenters. The second-order valence-corrected chi connectivity index (χ2v) is 6.17. The summed E-state index contributed by atoms with van der Waals surface area (Å²) in [6.07, 6.45) is 1.02. The molecule has 1 aliphatic heterocycles. The minimum atomic E-state index is -3.42. The summed E-state index contributed by atoms with van der Waals surface area (Å²) in [6.45, 7) is 2.27. The van der Waals surface area contributed by atoms with E-state index in [2.05, 4.69) is 10.0 Å². The van der Waals surface area contributed by atoms with Crippen LogP contribution in [0.5, 0.6) is 0 Å². The summed E-state index contributed by atoms with van der Waals surface area (Å²) < 4.78 is 31.3. The van der Waals surface area contributed by atoms with Crippen molar-refractivity contribution in [3.63, 3.8) is 0 Å². The van der Waals surface area contributed by atoms with Gasteiger partial charge in [0.2, 0.25) is 10.0 Å². The van der Waals surface area contributed by atoms with Gasteiger partial charge in [0.25, 0.3) is 0 Å². The number of hydrogen-bond donors (Lipinski definition) is 2. The maximum absolute atomic E-state index is 11.8. The molecule has 6 heteroatoms. The minimum absolute atomic E-state index is 0.284. The Balaban J connectivity index is 2.12. The molecule has 0 aromatic heterocycles. The van der Waals surface area contributed by atoms with Gasteiger partial charge in [-0.2, -0.15) is 0 Å². The first-order chi connectivity index (χ1) is 8.63. The van der Waals surface area contributed by atoms with Crippen LogP contribution in [0.15, 0.2) is 29.2 Å². The molecule has 1 heterocycles. The minimum Gasteiger partial charge on any atom is -0.384 e. The van der Waals surface area contributed by atoms with Gasteiger partial charge in [-0.05, 0) is 25.6 Å². The van der Waals surface area contributed by atoms with Crippen LogP contribution < -0.4 is 10.0 Å². The highest BCUT2D eigenvalue weighted by Crippen LogP contribution is 2.21. The monoisotopic (exact) mass is 270 g/mol. The predicted octanol–water partition coefficient (Wildman–Crippen LogP) is 1.04. The molecule has 100 valence electrons. The van der Waals surface area contributed by atoms with Gasteiger partial charge in [-0.3, -0.25) is 0 Å². The smallest absolute Gasteiger partial charge is 0.242 e. The Morgan fingerprint density at radius 1 is 1.39 bits per heavy atom. The summed E-state index contributed by atoms with van der Waals surface area (Å²) in [5, 5.41) is 3.20. The molecule has 0 bridgehead atoms. The topological polar surface area (TPSA) is 67.4 Å². The molecule has 2 rings (SSSR count). The maximum Gasteiger partial charge on any atom is 0.242 e. The normalized spacial score (nSPS) is 19.9. The molecule has 0 aliphatic carbocycles. The molecule has 0 amide bonds. The van der Waals surface area contributed by atoms with Crippen LogP contribution in [0.25, 0.3) is 0 Å². The second-order valence-electron chi connectivity index (χ2n) is 4.31. The molecule has 1 aromatic carbocycles. The average Bonchev–Trinajstić information content (AvgIpc) is 2.90. The van der Waals surface area contributed by atoms with Gasteiger partial charge in [0.15, 0.2) is 0 Å². The third-order valence-corrected chi connectivity index (χ3v) is 4.52. The maximum atomic E-state index is 11.8. The van der Waals surface area contributed by atoms with Gasteiger partial charge in [-0.25, -0.2) is 13.1 Å². The fraction of sp³-hybridized carbons (Fsp3) is 0.500. The molecule has 0 saturated carbocycles. The molecular weight excluding hydrogens is 252 g/mol. The van der Waals surface area contributed by atoms with Crippen molar-refractivity contribution in [3.8, 4) is 0 Å².